The van der Waals surface area contributed by atoms with E-state index in [2.05, 4.69) is 55.3 Å². The largest absolute Gasteiger partial charge is 0.508 e. The summed E-state index contributed by atoms with van der Waals surface area (Å²) in [6.45, 7) is 7.67. The molecule has 1 saturated heterocycles. The number of allylic oxidation sites excluding steroid dienone is 5. The molecule has 33 heavy (non-hydrogen) atoms. The average Bonchev–Trinajstić information content (AvgIpc) is 3.26. The maximum absolute atomic E-state index is 9.75. The van der Waals surface area contributed by atoms with Crippen LogP contribution in [0.15, 0.2) is 75.1 Å². The zero-order valence-corrected chi connectivity index (χ0v) is 21.7. The highest BCUT2D eigenvalue weighted by atomic mass is 127. The molecule has 0 radical (unpaired) electrons. The van der Waals surface area contributed by atoms with Crippen molar-refractivity contribution < 1.29 is 26.3 Å². The Morgan fingerprint density at radius 3 is 2.73 bits per heavy atom. The van der Waals surface area contributed by atoms with Gasteiger partial charge in [0.15, 0.2) is 3.58 Å². The molecule has 2 aliphatic heterocycles. The van der Waals surface area contributed by atoms with Crippen LogP contribution >= 0.6 is 0 Å². The number of aliphatic imine (C=N–C) groups is 1. The summed E-state index contributed by atoms with van der Waals surface area (Å²) in [4.78, 5) is 12.2. The van der Waals surface area contributed by atoms with E-state index < -0.39 is 21.2 Å². The molecule has 0 amide bonds. The Balaban J connectivity index is 1.70. The van der Waals surface area contributed by atoms with E-state index in [-0.39, 0.29) is 5.75 Å². The average molecular weight is 555 g/mol. The molecule has 2 N–H and O–H groups in total. The van der Waals surface area contributed by atoms with Crippen molar-refractivity contribution in [3.05, 3.63) is 75.7 Å². The number of pyridine rings is 1. The van der Waals surface area contributed by atoms with E-state index in [9.17, 15) is 5.11 Å². The lowest BCUT2D eigenvalue weighted by Crippen LogP contribution is -3.64. The molecule has 1 atom stereocenters. The van der Waals surface area contributed by atoms with Gasteiger partial charge in [-0.05, 0) is 62.1 Å². The number of aromatic nitrogens is 1. The minimum absolute atomic E-state index is 0.286. The van der Waals surface area contributed by atoms with Crippen LogP contribution in [-0.2, 0) is 0 Å². The molecule has 0 aliphatic carbocycles. The number of aromatic hydroxyl groups is 1. The second-order valence-corrected chi connectivity index (χ2v) is 11.1. The third kappa shape index (κ3) is 5.66. The highest BCUT2D eigenvalue weighted by Crippen LogP contribution is 2.27. The summed E-state index contributed by atoms with van der Waals surface area (Å²) in [6, 6.07) is 14.2. The smallest absolute Gasteiger partial charge is 0.378 e. The molecule has 172 valence electrons. The minimum atomic E-state index is -0.425. The predicted octanol–water partition coefficient (Wildman–Crippen LogP) is 3.32. The van der Waals surface area contributed by atoms with Crippen LogP contribution < -0.4 is 31.4 Å². The van der Waals surface area contributed by atoms with Gasteiger partial charge in [0.25, 0.3) is 0 Å². The van der Waals surface area contributed by atoms with Gasteiger partial charge in [-0.15, -0.1) is 0 Å². The van der Waals surface area contributed by atoms with Crippen molar-refractivity contribution in [2.24, 2.45) is 4.99 Å². The van der Waals surface area contributed by atoms with Crippen LogP contribution in [0.3, 0.4) is 0 Å². The lowest BCUT2D eigenvalue weighted by atomic mass is 10.0. The number of nitrogens with one attached hydrogen (secondary N) is 1. The van der Waals surface area contributed by atoms with Crippen LogP contribution in [0, 0.1) is 0 Å². The molecule has 1 unspecified atom stereocenters. The Morgan fingerprint density at radius 1 is 1.21 bits per heavy atom. The zero-order chi connectivity index (χ0) is 23.2. The Labute approximate surface area is 207 Å². The Hall–Kier alpha value is -2.61. The number of hydrogen-bond acceptors (Lipinski definition) is 5. The molecule has 2 aliphatic rings. The fourth-order valence-corrected chi connectivity index (χ4v) is 6.74. The van der Waals surface area contributed by atoms with Crippen molar-refractivity contribution in [1.82, 2.24) is 4.98 Å². The van der Waals surface area contributed by atoms with Crippen LogP contribution in [0.25, 0.3) is 5.57 Å². The highest BCUT2D eigenvalue weighted by molar-refractivity contribution is 6.00. The number of hydrogen-bond donors (Lipinski definition) is 2. The van der Waals surface area contributed by atoms with Crippen LogP contribution in [0.5, 0.6) is 5.75 Å². The number of phenols is 1. The fourth-order valence-electron chi connectivity index (χ4n) is 4.10. The van der Waals surface area contributed by atoms with Gasteiger partial charge in [0.05, 0.1) is 0 Å². The summed E-state index contributed by atoms with van der Waals surface area (Å²) >= 11 is -0.425. The molecule has 1 fully saturated rings. The lowest BCUT2D eigenvalue weighted by molar-refractivity contribution is -0.485. The van der Waals surface area contributed by atoms with Crippen LogP contribution in [-0.4, -0.2) is 26.4 Å². The molecule has 2 aromatic rings. The van der Waals surface area contributed by atoms with E-state index >= 15 is 0 Å². The number of phenolic OH excluding ortho intramolecular Hbond substituents is 1. The quantitative estimate of drug-likeness (QED) is 0.515. The van der Waals surface area contributed by atoms with Gasteiger partial charge in [-0.2, -0.15) is 0 Å². The topological polar surface area (TPSA) is 60.8 Å². The maximum atomic E-state index is 9.75. The molecule has 1 aromatic carbocycles. The van der Waals surface area contributed by atoms with Crippen LogP contribution in [0.1, 0.15) is 52.0 Å². The second kappa shape index (κ2) is 11.0. The number of anilines is 2. The first-order valence-electron chi connectivity index (χ1n) is 11.7. The van der Waals surface area contributed by atoms with Gasteiger partial charge in [-0.25, -0.2) is 9.98 Å². The summed E-state index contributed by atoms with van der Waals surface area (Å²) in [6.07, 6.45) is 10.6. The number of rotatable bonds is 7. The Kier molecular flexibility index (Phi) is 7.85. The maximum Gasteiger partial charge on any atom is 0.378 e. The lowest BCUT2D eigenvalue weighted by Gasteiger charge is -2.23. The number of halogens is 1. The van der Waals surface area contributed by atoms with E-state index in [0.717, 1.165) is 46.0 Å². The molecule has 1 aromatic heterocycles. The number of nitrogens with zero attached hydrogens (tertiary/aromatic N) is 3. The second-order valence-electron chi connectivity index (χ2n) is 8.28. The van der Waals surface area contributed by atoms with Crippen molar-refractivity contribution >= 4 is 20.9 Å². The molecule has 0 bridgehead atoms. The van der Waals surface area contributed by atoms with E-state index in [1.54, 1.807) is 12.1 Å². The standard InChI is InChI=1S/C27H31IN4O/c1-4-6-16-29-27-24(18-22(23(5-2)28-27)20-12-14-21(33)15-13-20)30-25-10-7-11-26(31-25)32-17-8-9-19(32)3/h6-7,10-16,18-19H,4-5,8-9,17H2,1-3H3,(H-,30,31,33)/p+1/b16-6-,29-27?. The molecule has 0 saturated carbocycles. The van der Waals surface area contributed by atoms with Crippen LogP contribution in [0.4, 0.5) is 11.6 Å². The SMILES string of the molecule is CC/C=C\N=C1[I+]C(CC)=C(c2ccc(O)cc2)C=C1Nc1cccc(N2CCCC2C)n1. The van der Waals surface area contributed by atoms with Crippen LogP contribution in [0.2, 0.25) is 0 Å². The van der Waals surface area contributed by atoms with Crippen molar-refractivity contribution in [1.29, 1.82) is 0 Å². The van der Waals surface area contributed by atoms with E-state index in [1.807, 2.05) is 24.4 Å². The zero-order valence-electron chi connectivity index (χ0n) is 19.6. The fraction of sp³-hybridized carbons (Fsp3) is 0.333. The van der Waals surface area contributed by atoms with Gasteiger partial charge < -0.3 is 15.3 Å². The molecule has 5 nitrogen and oxygen atoms in total. The summed E-state index contributed by atoms with van der Waals surface area (Å²) in [5, 5.41) is 13.3. The van der Waals surface area contributed by atoms with Crippen molar-refractivity contribution in [3.63, 3.8) is 0 Å². The first-order valence-corrected chi connectivity index (χ1v) is 13.9. The van der Waals surface area contributed by atoms with Crippen molar-refractivity contribution in [2.75, 3.05) is 16.8 Å². The normalized spacial score (nSPS) is 20.1. The number of benzene rings is 1. The predicted molar refractivity (Wildman–Crippen MR) is 134 cm³/mol. The third-order valence-electron chi connectivity index (χ3n) is 5.87. The van der Waals surface area contributed by atoms with Crippen molar-refractivity contribution in [2.45, 2.75) is 52.5 Å². The molecule has 6 heteroatoms. The van der Waals surface area contributed by atoms with E-state index in [4.69, 9.17) is 9.98 Å². The Morgan fingerprint density at radius 2 is 2.03 bits per heavy atom. The Bertz CT molecular complexity index is 1100. The van der Waals surface area contributed by atoms with Gasteiger partial charge in [-0.1, -0.05) is 38.1 Å². The third-order valence-corrected chi connectivity index (χ3v) is 9.23. The molecular formula is C27H32IN4O+. The molecule has 3 heterocycles. The summed E-state index contributed by atoms with van der Waals surface area (Å²) < 4.78 is 2.57. The first kappa shape index (κ1) is 23.5. The van der Waals surface area contributed by atoms with E-state index in [0.29, 0.717) is 6.04 Å². The molecule has 0 spiro atoms. The van der Waals surface area contributed by atoms with Gasteiger partial charge in [0.1, 0.15) is 23.1 Å². The van der Waals surface area contributed by atoms with Gasteiger partial charge >= 0.3 is 24.9 Å². The van der Waals surface area contributed by atoms with Crippen molar-refractivity contribution in [3.8, 4) is 5.75 Å². The summed E-state index contributed by atoms with van der Waals surface area (Å²) in [7, 11) is 0. The highest BCUT2D eigenvalue weighted by Gasteiger charge is 2.34. The minimum Gasteiger partial charge on any atom is -0.508 e. The van der Waals surface area contributed by atoms with Gasteiger partial charge in [0.2, 0.25) is 0 Å². The monoisotopic (exact) mass is 555 g/mol. The summed E-state index contributed by atoms with van der Waals surface area (Å²) in [5.74, 6) is 2.16. The summed E-state index contributed by atoms with van der Waals surface area (Å²) in [5.41, 5.74) is 3.37. The van der Waals surface area contributed by atoms with Gasteiger partial charge in [0, 0.05) is 30.8 Å². The van der Waals surface area contributed by atoms with Gasteiger partial charge in [-0.3, -0.25) is 0 Å². The van der Waals surface area contributed by atoms with E-state index in [1.165, 1.54) is 22.0 Å². The molecular weight excluding hydrogens is 523 g/mol. The first-order chi connectivity index (χ1) is 16.1. The molecule has 4 rings (SSSR count).